The highest BCUT2D eigenvalue weighted by Crippen LogP contribution is 2.35. The van der Waals surface area contributed by atoms with Crippen LogP contribution in [0.25, 0.3) is 0 Å². The summed E-state index contributed by atoms with van der Waals surface area (Å²) in [5.74, 6) is 0.857. The predicted molar refractivity (Wildman–Crippen MR) is 80.8 cm³/mol. The molecule has 1 rings (SSSR count). The summed E-state index contributed by atoms with van der Waals surface area (Å²) in [6.07, 6.45) is 10.2. The summed E-state index contributed by atoms with van der Waals surface area (Å²) in [7, 11) is 0. The Balaban J connectivity index is 2.73. The number of alkyl halides is 1. The maximum Gasteiger partial charge on any atom is 0.233 e. The quantitative estimate of drug-likeness (QED) is 0.518. The highest BCUT2D eigenvalue weighted by molar-refractivity contribution is 9.09. The van der Waals surface area contributed by atoms with E-state index in [1.165, 1.54) is 12.8 Å². The summed E-state index contributed by atoms with van der Waals surface area (Å²) in [6.45, 7) is 8.51. The number of halogens is 1. The minimum atomic E-state index is 0.167. The van der Waals surface area contributed by atoms with Crippen LogP contribution in [0.1, 0.15) is 26.7 Å². The van der Waals surface area contributed by atoms with E-state index in [0.717, 1.165) is 5.57 Å². The van der Waals surface area contributed by atoms with Crippen molar-refractivity contribution in [3.8, 4) is 0 Å². The Morgan fingerprint density at radius 2 is 2.22 bits per heavy atom. The van der Waals surface area contributed by atoms with Gasteiger partial charge in [-0.05, 0) is 38.2 Å². The summed E-state index contributed by atoms with van der Waals surface area (Å²) in [4.78, 5) is 14.0. The highest BCUT2D eigenvalue weighted by atomic mass is 79.9. The van der Waals surface area contributed by atoms with Gasteiger partial charge in [0.15, 0.2) is 0 Å². The van der Waals surface area contributed by atoms with E-state index in [-0.39, 0.29) is 5.91 Å². The van der Waals surface area contributed by atoms with Crippen molar-refractivity contribution in [2.45, 2.75) is 32.7 Å². The summed E-state index contributed by atoms with van der Waals surface area (Å²) < 4.78 is 0. The molecule has 1 saturated carbocycles. The van der Waals surface area contributed by atoms with E-state index in [1.54, 1.807) is 6.08 Å². The molecule has 1 amide bonds. The van der Waals surface area contributed by atoms with Gasteiger partial charge in [-0.3, -0.25) is 4.79 Å². The average molecular weight is 312 g/mol. The number of allylic oxidation sites excluding steroid dienone is 3. The molecule has 0 aromatic rings. The van der Waals surface area contributed by atoms with E-state index in [0.29, 0.717) is 23.8 Å². The average Bonchev–Trinajstić information content (AvgIpc) is 3.22. The van der Waals surface area contributed by atoms with Crippen molar-refractivity contribution < 1.29 is 4.79 Å². The summed E-state index contributed by atoms with van der Waals surface area (Å²) in [6, 6.07) is 0.335. The number of carbonyl (C=O) groups is 1. The van der Waals surface area contributed by atoms with E-state index in [2.05, 4.69) is 29.4 Å². The van der Waals surface area contributed by atoms with Crippen molar-refractivity contribution in [3.63, 3.8) is 0 Å². The van der Waals surface area contributed by atoms with Crippen LogP contribution in [-0.4, -0.2) is 28.7 Å². The van der Waals surface area contributed by atoms with Gasteiger partial charge in [0.2, 0.25) is 5.91 Å². The van der Waals surface area contributed by atoms with Gasteiger partial charge in [0.25, 0.3) is 0 Å². The second-order valence-corrected chi connectivity index (χ2v) is 5.25. The Morgan fingerprint density at radius 3 is 2.67 bits per heavy atom. The van der Waals surface area contributed by atoms with Crippen LogP contribution in [0.2, 0.25) is 0 Å². The molecule has 100 valence electrons. The molecular formula is C15H22BrNO. The van der Waals surface area contributed by atoms with Crippen LogP contribution in [-0.2, 0) is 4.79 Å². The lowest BCUT2D eigenvalue weighted by atomic mass is 10.1. The number of nitrogens with zero attached hydrogens (tertiary/aromatic N) is 1. The van der Waals surface area contributed by atoms with E-state index in [9.17, 15) is 4.79 Å². The summed E-state index contributed by atoms with van der Waals surface area (Å²) in [5, 5.41) is 0.395. The third kappa shape index (κ3) is 4.45. The first kappa shape index (κ1) is 15.2. The van der Waals surface area contributed by atoms with Gasteiger partial charge in [-0.15, -0.1) is 0 Å². The van der Waals surface area contributed by atoms with Crippen molar-refractivity contribution >= 4 is 21.8 Å². The van der Waals surface area contributed by atoms with Crippen molar-refractivity contribution in [1.29, 1.82) is 0 Å². The first-order valence-corrected chi connectivity index (χ1v) is 7.55. The van der Waals surface area contributed by atoms with Gasteiger partial charge >= 0.3 is 0 Å². The molecule has 1 atom stereocenters. The molecule has 1 aliphatic rings. The van der Waals surface area contributed by atoms with Crippen molar-refractivity contribution in [2.24, 2.45) is 5.92 Å². The molecule has 0 aliphatic heterocycles. The molecule has 0 bridgehead atoms. The molecule has 1 aliphatic carbocycles. The fraction of sp³-hybridized carbons (Fsp3) is 0.533. The largest absolute Gasteiger partial charge is 0.335 e. The molecule has 0 heterocycles. The third-order valence-electron chi connectivity index (χ3n) is 3.40. The van der Waals surface area contributed by atoms with Crippen molar-refractivity contribution in [2.75, 3.05) is 11.9 Å². The molecule has 0 N–H and O–H groups in total. The van der Waals surface area contributed by atoms with Crippen LogP contribution in [0.4, 0.5) is 0 Å². The molecule has 2 nitrogen and oxygen atoms in total. The van der Waals surface area contributed by atoms with Gasteiger partial charge in [-0.25, -0.2) is 0 Å². The Hall–Kier alpha value is -0.830. The minimum Gasteiger partial charge on any atom is -0.335 e. The molecule has 1 fully saturated rings. The number of hydrogen-bond acceptors (Lipinski definition) is 1. The smallest absolute Gasteiger partial charge is 0.233 e. The van der Waals surface area contributed by atoms with Crippen LogP contribution < -0.4 is 0 Å². The van der Waals surface area contributed by atoms with Crippen LogP contribution in [0.5, 0.6) is 0 Å². The van der Waals surface area contributed by atoms with Gasteiger partial charge in [0.05, 0.1) is 5.33 Å². The lowest BCUT2D eigenvalue weighted by molar-refractivity contribution is -0.130. The third-order valence-corrected chi connectivity index (χ3v) is 3.88. The maximum absolute atomic E-state index is 12.0. The monoisotopic (exact) mass is 311 g/mol. The van der Waals surface area contributed by atoms with Crippen LogP contribution in [0.15, 0.2) is 36.5 Å². The van der Waals surface area contributed by atoms with Gasteiger partial charge < -0.3 is 4.90 Å². The van der Waals surface area contributed by atoms with Crippen LogP contribution >= 0.6 is 15.9 Å². The molecule has 0 saturated heterocycles. The van der Waals surface area contributed by atoms with E-state index < -0.39 is 0 Å². The van der Waals surface area contributed by atoms with Gasteiger partial charge in [-0.1, -0.05) is 46.8 Å². The predicted octanol–water partition coefficient (Wildman–Crippen LogP) is 3.70. The van der Waals surface area contributed by atoms with Crippen molar-refractivity contribution in [3.05, 3.63) is 36.5 Å². The zero-order valence-corrected chi connectivity index (χ0v) is 12.8. The Bertz CT molecular complexity index is 356. The Kier molecular flexibility index (Phi) is 6.41. The SMILES string of the molecule is C=C/C=C\C(=C/C)CN(C(=O)CBr)C(C)C1CC1. The van der Waals surface area contributed by atoms with Gasteiger partial charge in [-0.2, -0.15) is 0 Å². The van der Waals surface area contributed by atoms with E-state index >= 15 is 0 Å². The topological polar surface area (TPSA) is 20.3 Å². The van der Waals surface area contributed by atoms with E-state index in [1.807, 2.05) is 30.1 Å². The number of carbonyl (C=O) groups excluding carboxylic acids is 1. The van der Waals surface area contributed by atoms with Crippen LogP contribution in [0.3, 0.4) is 0 Å². The molecule has 18 heavy (non-hydrogen) atoms. The second-order valence-electron chi connectivity index (χ2n) is 4.69. The first-order valence-electron chi connectivity index (χ1n) is 6.43. The summed E-state index contributed by atoms with van der Waals surface area (Å²) in [5.41, 5.74) is 1.15. The zero-order chi connectivity index (χ0) is 13.5. The van der Waals surface area contributed by atoms with Crippen LogP contribution in [0, 0.1) is 5.92 Å². The number of amides is 1. The Morgan fingerprint density at radius 1 is 1.56 bits per heavy atom. The molecule has 0 aromatic heterocycles. The van der Waals surface area contributed by atoms with E-state index in [4.69, 9.17) is 0 Å². The molecule has 3 heteroatoms. The second kappa shape index (κ2) is 7.57. The fourth-order valence-electron chi connectivity index (χ4n) is 2.00. The first-order chi connectivity index (χ1) is 8.63. The molecule has 0 aromatic carbocycles. The lowest BCUT2D eigenvalue weighted by Crippen LogP contribution is -2.41. The van der Waals surface area contributed by atoms with Crippen molar-refractivity contribution in [1.82, 2.24) is 4.90 Å². The molecular weight excluding hydrogens is 290 g/mol. The number of rotatable bonds is 7. The molecule has 1 unspecified atom stereocenters. The lowest BCUT2D eigenvalue weighted by Gasteiger charge is -2.29. The van der Waals surface area contributed by atoms with Gasteiger partial charge in [0, 0.05) is 12.6 Å². The zero-order valence-electron chi connectivity index (χ0n) is 11.2. The van der Waals surface area contributed by atoms with Gasteiger partial charge in [0.1, 0.15) is 0 Å². The fourth-order valence-corrected chi connectivity index (χ4v) is 2.32. The standard InChI is InChI=1S/C15H22BrNO/c1-4-6-7-13(5-2)11-17(15(18)10-16)12(3)14-8-9-14/h4-7,12,14H,1,8-11H2,2-3H3/b7-6-,13-5+. The highest BCUT2D eigenvalue weighted by Gasteiger charge is 2.33. The number of hydrogen-bond donors (Lipinski definition) is 0. The maximum atomic E-state index is 12.0. The molecule has 0 spiro atoms. The summed E-state index contributed by atoms with van der Waals surface area (Å²) >= 11 is 3.27. The minimum absolute atomic E-state index is 0.167. The molecule has 0 radical (unpaired) electrons. The Labute approximate surface area is 119 Å². The normalized spacial score (nSPS) is 17.8.